The Bertz CT molecular complexity index is 1290. The third kappa shape index (κ3) is 7.24. The molecule has 35 heavy (non-hydrogen) atoms. The topological polar surface area (TPSA) is 119 Å². The highest BCUT2D eigenvalue weighted by molar-refractivity contribution is 7.87. The molecule has 0 fully saturated rings. The maximum Gasteiger partial charge on any atom is 0.410 e. The predicted molar refractivity (Wildman–Crippen MR) is 130 cm³/mol. The van der Waals surface area contributed by atoms with E-state index < -0.39 is 27.9 Å². The summed E-state index contributed by atoms with van der Waals surface area (Å²) in [6.45, 7) is 7.03. The first-order chi connectivity index (χ1) is 16.3. The number of aryl methyl sites for hydroxylation is 1. The normalized spacial score (nSPS) is 12.6. The summed E-state index contributed by atoms with van der Waals surface area (Å²) in [5.41, 5.74) is 1.07. The average molecular weight is 500 g/mol. The fraction of sp³-hybridized carbons (Fsp3) is 0.320. The van der Waals surface area contributed by atoms with E-state index in [2.05, 4.69) is 9.97 Å². The van der Waals surface area contributed by atoms with Gasteiger partial charge in [-0.1, -0.05) is 24.3 Å². The molecule has 9 nitrogen and oxygen atoms in total. The van der Waals surface area contributed by atoms with Gasteiger partial charge in [-0.2, -0.15) is 8.42 Å². The third-order valence-electron chi connectivity index (χ3n) is 4.82. The molecule has 0 saturated carbocycles. The van der Waals surface area contributed by atoms with Gasteiger partial charge < -0.3 is 18.9 Å². The Hall–Kier alpha value is -3.50. The van der Waals surface area contributed by atoms with E-state index in [1.165, 1.54) is 36.2 Å². The third-order valence-corrected chi connectivity index (χ3v) is 6.06. The molecule has 10 heteroatoms. The van der Waals surface area contributed by atoms with Gasteiger partial charge in [-0.05, 0) is 63.6 Å². The van der Waals surface area contributed by atoms with E-state index in [1.807, 2.05) is 0 Å². The molecular weight excluding hydrogens is 470 g/mol. The van der Waals surface area contributed by atoms with E-state index in [0.29, 0.717) is 22.6 Å². The maximum absolute atomic E-state index is 12.8. The minimum Gasteiger partial charge on any atom is -0.444 e. The molecule has 1 amide bonds. The number of benzene rings is 2. The molecule has 2 aromatic carbocycles. The SMILES string of the molecule is Cc1nccc(-c2cccc(S(=O)(=O)Oc3ccc(C(O)CN(C)C(=O)OC(C)(C)C)cc3)c2)n1. The summed E-state index contributed by atoms with van der Waals surface area (Å²) >= 11 is 0. The Morgan fingerprint density at radius 1 is 1.11 bits per heavy atom. The van der Waals surface area contributed by atoms with Crippen molar-refractivity contribution in [1.29, 1.82) is 0 Å². The van der Waals surface area contributed by atoms with Crippen molar-refractivity contribution in [3.05, 3.63) is 72.2 Å². The molecule has 0 radical (unpaired) electrons. The molecule has 0 spiro atoms. The van der Waals surface area contributed by atoms with Crippen LogP contribution in [0.4, 0.5) is 4.79 Å². The van der Waals surface area contributed by atoms with E-state index >= 15 is 0 Å². The van der Waals surface area contributed by atoms with Crippen LogP contribution in [0.3, 0.4) is 0 Å². The van der Waals surface area contributed by atoms with Gasteiger partial charge in [-0.3, -0.25) is 0 Å². The Balaban J connectivity index is 1.69. The summed E-state index contributed by atoms with van der Waals surface area (Å²) in [7, 11) is -2.58. The molecule has 1 atom stereocenters. The number of carbonyl (C=O) groups excluding carboxylic acids is 1. The zero-order valence-corrected chi connectivity index (χ0v) is 21.1. The van der Waals surface area contributed by atoms with Crippen molar-refractivity contribution >= 4 is 16.2 Å². The number of nitrogens with zero attached hydrogens (tertiary/aromatic N) is 3. The molecule has 1 unspecified atom stereocenters. The zero-order chi connectivity index (χ0) is 25.8. The molecule has 0 bridgehead atoms. The quantitative estimate of drug-likeness (QED) is 0.482. The average Bonchev–Trinajstić information content (AvgIpc) is 2.78. The van der Waals surface area contributed by atoms with Crippen LogP contribution in [0, 0.1) is 6.92 Å². The van der Waals surface area contributed by atoms with Gasteiger partial charge in [0.1, 0.15) is 22.1 Å². The molecule has 1 aromatic heterocycles. The number of aromatic nitrogens is 2. The van der Waals surface area contributed by atoms with Crippen LogP contribution in [0.5, 0.6) is 5.75 Å². The van der Waals surface area contributed by atoms with Gasteiger partial charge in [0.15, 0.2) is 0 Å². The van der Waals surface area contributed by atoms with E-state index in [9.17, 15) is 18.3 Å². The highest BCUT2D eigenvalue weighted by Crippen LogP contribution is 2.25. The van der Waals surface area contributed by atoms with Gasteiger partial charge in [0.25, 0.3) is 0 Å². The fourth-order valence-electron chi connectivity index (χ4n) is 3.13. The molecule has 1 N–H and O–H groups in total. The molecule has 0 aliphatic heterocycles. The van der Waals surface area contributed by atoms with Crippen LogP contribution in [-0.4, -0.2) is 53.7 Å². The van der Waals surface area contributed by atoms with E-state index in [0.717, 1.165) is 0 Å². The molecule has 186 valence electrons. The maximum atomic E-state index is 12.8. The number of carbonyl (C=O) groups is 1. The predicted octanol–water partition coefficient (Wildman–Crippen LogP) is 4.12. The summed E-state index contributed by atoms with van der Waals surface area (Å²) in [6, 6.07) is 14.0. The van der Waals surface area contributed by atoms with Crippen molar-refractivity contribution in [2.24, 2.45) is 0 Å². The Labute approximate surface area is 205 Å². The van der Waals surface area contributed by atoms with Crippen molar-refractivity contribution in [3.63, 3.8) is 0 Å². The molecule has 0 aliphatic rings. The van der Waals surface area contributed by atoms with Crippen LogP contribution < -0.4 is 4.18 Å². The first-order valence-corrected chi connectivity index (χ1v) is 12.3. The van der Waals surface area contributed by atoms with Crippen LogP contribution in [0.25, 0.3) is 11.3 Å². The van der Waals surface area contributed by atoms with Crippen LogP contribution in [0.15, 0.2) is 65.7 Å². The van der Waals surface area contributed by atoms with Crippen molar-refractivity contribution < 1.29 is 27.2 Å². The van der Waals surface area contributed by atoms with Gasteiger partial charge in [-0.25, -0.2) is 14.8 Å². The Kier molecular flexibility index (Phi) is 7.76. The van der Waals surface area contributed by atoms with Crippen LogP contribution in [0.2, 0.25) is 0 Å². The second-order valence-corrected chi connectivity index (χ2v) is 10.5. The van der Waals surface area contributed by atoms with Gasteiger partial charge in [0, 0.05) is 18.8 Å². The summed E-state index contributed by atoms with van der Waals surface area (Å²) in [6.07, 6.45) is 0.0597. The van der Waals surface area contributed by atoms with Gasteiger partial charge in [0.05, 0.1) is 18.3 Å². The van der Waals surface area contributed by atoms with Crippen LogP contribution in [-0.2, 0) is 14.9 Å². The Morgan fingerprint density at radius 3 is 2.43 bits per heavy atom. The molecule has 0 saturated heterocycles. The summed E-state index contributed by atoms with van der Waals surface area (Å²) in [5.74, 6) is 0.663. The van der Waals surface area contributed by atoms with Gasteiger partial charge in [-0.15, -0.1) is 0 Å². The lowest BCUT2D eigenvalue weighted by atomic mass is 10.1. The highest BCUT2D eigenvalue weighted by Gasteiger charge is 2.22. The number of hydrogen-bond acceptors (Lipinski definition) is 8. The molecule has 3 aromatic rings. The molecular formula is C25H29N3O6S. The lowest BCUT2D eigenvalue weighted by molar-refractivity contribution is 0.0205. The fourth-order valence-corrected chi connectivity index (χ4v) is 4.10. The number of likely N-dealkylation sites (N-methyl/N-ethyl adjacent to an activating group) is 1. The lowest BCUT2D eigenvalue weighted by Gasteiger charge is -2.26. The van der Waals surface area contributed by atoms with E-state index in [4.69, 9.17) is 8.92 Å². The summed E-state index contributed by atoms with van der Waals surface area (Å²) < 4.78 is 36.2. The highest BCUT2D eigenvalue weighted by atomic mass is 32.2. The van der Waals surface area contributed by atoms with Crippen molar-refractivity contribution in [2.45, 2.75) is 44.3 Å². The zero-order valence-electron chi connectivity index (χ0n) is 20.3. The largest absolute Gasteiger partial charge is 0.444 e. The van der Waals surface area contributed by atoms with Crippen molar-refractivity contribution in [2.75, 3.05) is 13.6 Å². The molecule has 0 aliphatic carbocycles. The second kappa shape index (κ2) is 10.4. The summed E-state index contributed by atoms with van der Waals surface area (Å²) in [5, 5.41) is 10.5. The first-order valence-electron chi connectivity index (χ1n) is 10.9. The lowest BCUT2D eigenvalue weighted by Crippen LogP contribution is -2.36. The van der Waals surface area contributed by atoms with E-state index in [-0.39, 0.29) is 17.2 Å². The van der Waals surface area contributed by atoms with Gasteiger partial charge in [0.2, 0.25) is 0 Å². The van der Waals surface area contributed by atoms with Crippen LogP contribution in [0.1, 0.15) is 38.3 Å². The first kappa shape index (κ1) is 26.1. The van der Waals surface area contributed by atoms with E-state index in [1.54, 1.807) is 64.2 Å². The second-order valence-electron chi connectivity index (χ2n) is 9.00. The minimum atomic E-state index is -4.11. The monoisotopic (exact) mass is 499 g/mol. The summed E-state index contributed by atoms with van der Waals surface area (Å²) in [4.78, 5) is 21.7. The standard InChI is InChI=1S/C25H29N3O6S/c1-17-26-14-13-22(27-17)19-7-6-8-21(15-19)35(31,32)34-20-11-9-18(10-12-20)23(29)16-28(5)24(30)33-25(2,3)4/h6-15,23,29H,16H2,1-5H3. The molecule has 3 rings (SSSR count). The van der Waals surface area contributed by atoms with Gasteiger partial charge >= 0.3 is 16.2 Å². The minimum absolute atomic E-state index is 0.00270. The number of hydrogen-bond donors (Lipinski definition) is 1. The van der Waals surface area contributed by atoms with Crippen molar-refractivity contribution in [3.8, 4) is 17.0 Å². The number of amides is 1. The number of aliphatic hydroxyl groups is 1. The molecule has 1 heterocycles. The van der Waals surface area contributed by atoms with Crippen molar-refractivity contribution in [1.82, 2.24) is 14.9 Å². The number of rotatable bonds is 7. The number of ether oxygens (including phenoxy) is 1. The Morgan fingerprint density at radius 2 is 1.80 bits per heavy atom. The van der Waals surface area contributed by atoms with Crippen LogP contribution >= 0.6 is 0 Å². The number of aliphatic hydroxyl groups excluding tert-OH is 1. The smallest absolute Gasteiger partial charge is 0.410 e.